The van der Waals surface area contributed by atoms with Gasteiger partial charge in [-0.1, -0.05) is 26.0 Å². The van der Waals surface area contributed by atoms with Crippen molar-refractivity contribution in [3.63, 3.8) is 0 Å². The fourth-order valence-corrected chi connectivity index (χ4v) is 2.17. The number of carbonyl (C=O) groups is 1. The van der Waals surface area contributed by atoms with Crippen molar-refractivity contribution in [3.8, 4) is 5.75 Å². The summed E-state index contributed by atoms with van der Waals surface area (Å²) in [6.07, 6.45) is 3.28. The third-order valence-electron chi connectivity index (χ3n) is 3.54. The SMILES string of the molecule is COc1ccccc1NC(=O)N(CCC(C)C)C1CC1. The van der Waals surface area contributed by atoms with Crippen molar-refractivity contribution >= 4 is 11.7 Å². The van der Waals surface area contributed by atoms with Crippen LogP contribution in [-0.2, 0) is 0 Å². The molecule has 0 bridgehead atoms. The maximum atomic E-state index is 12.4. The Hall–Kier alpha value is -1.71. The molecule has 2 amide bonds. The smallest absolute Gasteiger partial charge is 0.322 e. The Morgan fingerprint density at radius 2 is 2.10 bits per heavy atom. The summed E-state index contributed by atoms with van der Waals surface area (Å²) in [5, 5.41) is 2.97. The summed E-state index contributed by atoms with van der Waals surface area (Å²) in [5.41, 5.74) is 0.732. The Morgan fingerprint density at radius 3 is 2.70 bits per heavy atom. The standard InChI is InChI=1S/C16H24N2O2/c1-12(2)10-11-18(13-8-9-13)16(19)17-14-6-4-5-7-15(14)20-3/h4-7,12-13H,8-11H2,1-3H3,(H,17,19). The van der Waals surface area contributed by atoms with Gasteiger partial charge in [-0.25, -0.2) is 4.79 Å². The van der Waals surface area contributed by atoms with E-state index in [2.05, 4.69) is 19.2 Å². The van der Waals surface area contributed by atoms with E-state index in [4.69, 9.17) is 4.74 Å². The topological polar surface area (TPSA) is 41.6 Å². The zero-order valence-corrected chi connectivity index (χ0v) is 12.6. The Kier molecular flexibility index (Phi) is 4.88. The van der Waals surface area contributed by atoms with Gasteiger partial charge in [0.1, 0.15) is 5.75 Å². The van der Waals surface area contributed by atoms with Crippen molar-refractivity contribution < 1.29 is 9.53 Å². The van der Waals surface area contributed by atoms with Crippen LogP contribution in [0, 0.1) is 5.92 Å². The van der Waals surface area contributed by atoms with Crippen LogP contribution in [0.1, 0.15) is 33.1 Å². The van der Waals surface area contributed by atoms with Crippen LogP contribution in [0.5, 0.6) is 5.75 Å². The molecule has 4 heteroatoms. The molecule has 0 atom stereocenters. The minimum Gasteiger partial charge on any atom is -0.495 e. The molecule has 0 heterocycles. The van der Waals surface area contributed by atoms with E-state index in [-0.39, 0.29) is 6.03 Å². The zero-order valence-electron chi connectivity index (χ0n) is 12.6. The fourth-order valence-electron chi connectivity index (χ4n) is 2.17. The maximum Gasteiger partial charge on any atom is 0.322 e. The van der Waals surface area contributed by atoms with E-state index in [1.807, 2.05) is 29.2 Å². The normalized spacial score (nSPS) is 14.2. The molecule has 1 fully saturated rings. The molecule has 0 saturated heterocycles. The molecule has 0 aromatic heterocycles. The van der Waals surface area contributed by atoms with Gasteiger partial charge in [0.25, 0.3) is 0 Å². The molecule has 0 aliphatic heterocycles. The molecule has 1 N–H and O–H groups in total. The minimum absolute atomic E-state index is 0.0161. The van der Waals surface area contributed by atoms with E-state index in [1.54, 1.807) is 7.11 Å². The molecule has 1 aromatic rings. The number of carbonyl (C=O) groups excluding carboxylic acids is 1. The highest BCUT2D eigenvalue weighted by Crippen LogP contribution is 2.29. The third-order valence-corrected chi connectivity index (χ3v) is 3.54. The molecular weight excluding hydrogens is 252 g/mol. The van der Waals surface area contributed by atoms with Crippen molar-refractivity contribution in [2.75, 3.05) is 19.0 Å². The first-order valence-corrected chi connectivity index (χ1v) is 7.32. The molecule has 20 heavy (non-hydrogen) atoms. The highest BCUT2D eigenvalue weighted by molar-refractivity contribution is 5.91. The summed E-state index contributed by atoms with van der Waals surface area (Å²) in [5.74, 6) is 1.30. The van der Waals surface area contributed by atoms with E-state index in [1.165, 1.54) is 0 Å². The number of ether oxygens (including phenoxy) is 1. The molecule has 1 aliphatic carbocycles. The predicted octanol–water partition coefficient (Wildman–Crippen LogP) is 3.74. The summed E-state index contributed by atoms with van der Waals surface area (Å²) in [7, 11) is 1.61. The zero-order chi connectivity index (χ0) is 14.5. The Balaban J connectivity index is 2.00. The van der Waals surface area contributed by atoms with Crippen molar-refractivity contribution in [2.45, 2.75) is 39.2 Å². The Bertz CT molecular complexity index is 456. The lowest BCUT2D eigenvalue weighted by molar-refractivity contribution is 0.205. The second-order valence-corrected chi connectivity index (χ2v) is 5.74. The monoisotopic (exact) mass is 276 g/mol. The molecule has 110 valence electrons. The number of rotatable bonds is 6. The third kappa shape index (κ3) is 3.89. The van der Waals surface area contributed by atoms with Crippen LogP contribution in [0.15, 0.2) is 24.3 Å². The van der Waals surface area contributed by atoms with Gasteiger partial charge in [0, 0.05) is 12.6 Å². The van der Waals surface area contributed by atoms with Gasteiger partial charge in [0.05, 0.1) is 12.8 Å². The average Bonchev–Trinajstić information content (AvgIpc) is 3.24. The molecule has 1 aliphatic rings. The maximum absolute atomic E-state index is 12.4. The highest BCUT2D eigenvalue weighted by atomic mass is 16.5. The second-order valence-electron chi connectivity index (χ2n) is 5.74. The van der Waals surface area contributed by atoms with Crippen LogP contribution in [-0.4, -0.2) is 30.6 Å². The minimum atomic E-state index is -0.0161. The number of para-hydroxylation sites is 2. The molecule has 0 unspecified atom stereocenters. The largest absolute Gasteiger partial charge is 0.495 e. The highest BCUT2D eigenvalue weighted by Gasteiger charge is 2.32. The Labute approximate surface area is 121 Å². The van der Waals surface area contributed by atoms with Gasteiger partial charge in [0.2, 0.25) is 0 Å². The molecule has 1 saturated carbocycles. The summed E-state index contributed by atoms with van der Waals surface area (Å²) in [6, 6.07) is 7.91. The molecule has 4 nitrogen and oxygen atoms in total. The van der Waals surface area contributed by atoms with Crippen molar-refractivity contribution in [3.05, 3.63) is 24.3 Å². The van der Waals surface area contributed by atoms with E-state index in [0.717, 1.165) is 31.5 Å². The van der Waals surface area contributed by atoms with E-state index in [0.29, 0.717) is 17.7 Å². The number of nitrogens with zero attached hydrogens (tertiary/aromatic N) is 1. The summed E-state index contributed by atoms with van der Waals surface area (Å²) >= 11 is 0. The van der Waals surface area contributed by atoms with E-state index < -0.39 is 0 Å². The molecule has 0 radical (unpaired) electrons. The molecule has 2 rings (SSSR count). The van der Waals surface area contributed by atoms with Crippen molar-refractivity contribution in [1.82, 2.24) is 4.90 Å². The lowest BCUT2D eigenvalue weighted by Crippen LogP contribution is -2.38. The number of methoxy groups -OCH3 is 1. The average molecular weight is 276 g/mol. The van der Waals surface area contributed by atoms with Crippen LogP contribution in [0.3, 0.4) is 0 Å². The first-order chi connectivity index (χ1) is 9.61. The first kappa shape index (κ1) is 14.7. The van der Waals surface area contributed by atoms with Crippen LogP contribution >= 0.6 is 0 Å². The van der Waals surface area contributed by atoms with E-state index in [9.17, 15) is 4.79 Å². The predicted molar refractivity (Wildman–Crippen MR) is 81.2 cm³/mol. The van der Waals surface area contributed by atoms with Gasteiger partial charge in [-0.15, -0.1) is 0 Å². The lowest BCUT2D eigenvalue weighted by Gasteiger charge is -2.24. The van der Waals surface area contributed by atoms with Crippen molar-refractivity contribution in [2.24, 2.45) is 5.92 Å². The molecule has 0 spiro atoms. The number of urea groups is 1. The number of amides is 2. The van der Waals surface area contributed by atoms with Gasteiger partial charge in [-0.05, 0) is 37.3 Å². The summed E-state index contributed by atoms with van der Waals surface area (Å²) < 4.78 is 5.27. The quantitative estimate of drug-likeness (QED) is 0.860. The second kappa shape index (κ2) is 6.64. The van der Waals surface area contributed by atoms with Crippen LogP contribution < -0.4 is 10.1 Å². The number of hydrogen-bond acceptors (Lipinski definition) is 2. The number of hydrogen-bond donors (Lipinski definition) is 1. The number of benzene rings is 1. The van der Waals surface area contributed by atoms with Gasteiger partial charge in [0.15, 0.2) is 0 Å². The van der Waals surface area contributed by atoms with Crippen LogP contribution in [0.25, 0.3) is 0 Å². The number of nitrogens with one attached hydrogen (secondary N) is 1. The lowest BCUT2D eigenvalue weighted by atomic mass is 10.1. The summed E-state index contributed by atoms with van der Waals surface area (Å²) in [4.78, 5) is 14.4. The fraction of sp³-hybridized carbons (Fsp3) is 0.562. The number of anilines is 1. The Morgan fingerprint density at radius 1 is 1.40 bits per heavy atom. The van der Waals surface area contributed by atoms with E-state index >= 15 is 0 Å². The van der Waals surface area contributed by atoms with Crippen LogP contribution in [0.2, 0.25) is 0 Å². The van der Waals surface area contributed by atoms with Gasteiger partial charge < -0.3 is 15.0 Å². The molecular formula is C16H24N2O2. The first-order valence-electron chi connectivity index (χ1n) is 7.32. The van der Waals surface area contributed by atoms with Crippen molar-refractivity contribution in [1.29, 1.82) is 0 Å². The molecule has 1 aromatic carbocycles. The van der Waals surface area contributed by atoms with Gasteiger partial charge in [-0.3, -0.25) is 0 Å². The summed E-state index contributed by atoms with van der Waals surface area (Å²) in [6.45, 7) is 5.19. The van der Waals surface area contributed by atoms with Gasteiger partial charge >= 0.3 is 6.03 Å². The van der Waals surface area contributed by atoms with Crippen LogP contribution in [0.4, 0.5) is 10.5 Å². The van der Waals surface area contributed by atoms with Gasteiger partial charge in [-0.2, -0.15) is 0 Å².